The van der Waals surface area contributed by atoms with E-state index < -0.39 is 0 Å². The van der Waals surface area contributed by atoms with E-state index in [2.05, 4.69) is 28.4 Å². The van der Waals surface area contributed by atoms with E-state index in [1.54, 1.807) is 0 Å². The molecule has 1 aliphatic heterocycles. The van der Waals surface area contributed by atoms with Crippen molar-refractivity contribution in [3.05, 3.63) is 72.0 Å². The van der Waals surface area contributed by atoms with Crippen LogP contribution in [0.3, 0.4) is 0 Å². The molecule has 0 unspecified atom stereocenters. The predicted molar refractivity (Wildman–Crippen MR) is 112 cm³/mol. The lowest BCUT2D eigenvalue weighted by atomic mass is 10.1. The van der Waals surface area contributed by atoms with Gasteiger partial charge in [0.15, 0.2) is 0 Å². The summed E-state index contributed by atoms with van der Waals surface area (Å²) in [5, 5.41) is 3.35. The second-order valence-electron chi connectivity index (χ2n) is 7.15. The van der Waals surface area contributed by atoms with Gasteiger partial charge >= 0.3 is 0 Å². The van der Waals surface area contributed by atoms with Crippen LogP contribution < -0.4 is 10.2 Å². The topological polar surface area (TPSA) is 41.1 Å². The van der Waals surface area contributed by atoms with Crippen LogP contribution in [0.1, 0.15) is 24.8 Å². The summed E-state index contributed by atoms with van der Waals surface area (Å²) in [6, 6.07) is 18.9. The van der Waals surface area contributed by atoms with E-state index in [-0.39, 0.29) is 5.82 Å². The average molecular weight is 376 g/mol. The lowest BCUT2D eigenvalue weighted by Gasteiger charge is -2.28. The van der Waals surface area contributed by atoms with Crippen molar-refractivity contribution < 1.29 is 4.39 Å². The molecular formula is C23H25FN4. The Labute approximate surface area is 165 Å². The van der Waals surface area contributed by atoms with Gasteiger partial charge < -0.3 is 10.2 Å². The van der Waals surface area contributed by atoms with Crippen molar-refractivity contribution in [1.29, 1.82) is 0 Å². The molecule has 4 rings (SSSR count). The minimum absolute atomic E-state index is 0.207. The van der Waals surface area contributed by atoms with E-state index in [4.69, 9.17) is 9.97 Å². The highest BCUT2D eigenvalue weighted by molar-refractivity contribution is 5.64. The predicted octanol–water partition coefficient (Wildman–Crippen LogP) is 4.93. The molecule has 1 fully saturated rings. The van der Waals surface area contributed by atoms with Crippen LogP contribution in [0.5, 0.6) is 0 Å². The molecule has 1 saturated heterocycles. The van der Waals surface area contributed by atoms with Gasteiger partial charge in [0.1, 0.15) is 11.6 Å². The summed E-state index contributed by atoms with van der Waals surface area (Å²) >= 11 is 0. The van der Waals surface area contributed by atoms with Crippen LogP contribution in [0.25, 0.3) is 11.3 Å². The number of hydrogen-bond acceptors (Lipinski definition) is 4. The van der Waals surface area contributed by atoms with Gasteiger partial charge in [0.05, 0.1) is 5.69 Å². The minimum atomic E-state index is -0.207. The number of rotatable bonds is 6. The van der Waals surface area contributed by atoms with Crippen LogP contribution in [0.2, 0.25) is 0 Å². The first kappa shape index (κ1) is 18.4. The van der Waals surface area contributed by atoms with E-state index in [9.17, 15) is 4.39 Å². The molecule has 1 N–H and O–H groups in total. The van der Waals surface area contributed by atoms with E-state index in [1.807, 2.05) is 30.3 Å². The van der Waals surface area contributed by atoms with Crippen molar-refractivity contribution in [1.82, 2.24) is 9.97 Å². The molecule has 0 saturated carbocycles. The Morgan fingerprint density at radius 2 is 1.64 bits per heavy atom. The fourth-order valence-corrected chi connectivity index (χ4v) is 3.53. The lowest BCUT2D eigenvalue weighted by Crippen LogP contribution is -2.30. The Hall–Kier alpha value is -2.95. The second kappa shape index (κ2) is 8.83. The highest BCUT2D eigenvalue weighted by Gasteiger charge is 2.15. The number of aromatic nitrogens is 2. The maximum absolute atomic E-state index is 13.1. The van der Waals surface area contributed by atoms with Gasteiger partial charge in [-0.15, -0.1) is 0 Å². The average Bonchev–Trinajstić information content (AvgIpc) is 2.76. The van der Waals surface area contributed by atoms with Crippen LogP contribution in [0.4, 0.5) is 16.2 Å². The zero-order valence-electron chi connectivity index (χ0n) is 15.9. The maximum atomic E-state index is 13.1. The SMILES string of the molecule is Fc1ccc(CCNc2nc(-c3ccccc3)cc(N3CCCCC3)n2)cc1. The summed E-state index contributed by atoms with van der Waals surface area (Å²) < 4.78 is 13.1. The van der Waals surface area contributed by atoms with Crippen LogP contribution in [0.15, 0.2) is 60.7 Å². The second-order valence-corrected chi connectivity index (χ2v) is 7.15. The van der Waals surface area contributed by atoms with E-state index in [0.717, 1.165) is 42.1 Å². The van der Waals surface area contributed by atoms with Gasteiger partial charge in [0.25, 0.3) is 0 Å². The zero-order valence-corrected chi connectivity index (χ0v) is 15.9. The number of nitrogens with one attached hydrogen (secondary N) is 1. The summed E-state index contributed by atoms with van der Waals surface area (Å²) in [4.78, 5) is 11.9. The molecule has 4 nitrogen and oxygen atoms in total. The van der Waals surface area contributed by atoms with Crippen molar-refractivity contribution in [2.45, 2.75) is 25.7 Å². The molecule has 0 radical (unpaired) electrons. The largest absolute Gasteiger partial charge is 0.356 e. The fraction of sp³-hybridized carbons (Fsp3) is 0.304. The quantitative estimate of drug-likeness (QED) is 0.662. The molecule has 5 heteroatoms. The van der Waals surface area contributed by atoms with Gasteiger partial charge in [-0.25, -0.2) is 9.37 Å². The number of halogens is 1. The Morgan fingerprint density at radius 1 is 0.893 bits per heavy atom. The summed E-state index contributed by atoms with van der Waals surface area (Å²) in [6.45, 7) is 2.78. The first-order valence-corrected chi connectivity index (χ1v) is 9.96. The fourth-order valence-electron chi connectivity index (χ4n) is 3.53. The molecule has 0 spiro atoms. The first-order chi connectivity index (χ1) is 13.8. The third kappa shape index (κ3) is 4.66. The normalized spacial score (nSPS) is 14.1. The molecule has 1 aliphatic rings. The third-order valence-corrected chi connectivity index (χ3v) is 5.07. The zero-order chi connectivity index (χ0) is 19.2. The first-order valence-electron chi connectivity index (χ1n) is 9.96. The summed E-state index contributed by atoms with van der Waals surface area (Å²) in [5.74, 6) is 1.42. The van der Waals surface area contributed by atoms with Gasteiger partial charge in [0, 0.05) is 31.3 Å². The number of hydrogen-bond donors (Lipinski definition) is 1. The Balaban J connectivity index is 1.53. The summed E-state index contributed by atoms with van der Waals surface area (Å²) in [6.07, 6.45) is 4.49. The van der Waals surface area contributed by atoms with Gasteiger partial charge in [-0.1, -0.05) is 42.5 Å². The molecule has 1 aromatic heterocycles. The van der Waals surface area contributed by atoms with Crippen LogP contribution >= 0.6 is 0 Å². The number of nitrogens with zero attached hydrogens (tertiary/aromatic N) is 3. The molecule has 2 heterocycles. The van der Waals surface area contributed by atoms with Crippen LogP contribution in [0, 0.1) is 5.82 Å². The molecule has 0 atom stereocenters. The smallest absolute Gasteiger partial charge is 0.225 e. The van der Waals surface area contributed by atoms with E-state index >= 15 is 0 Å². The molecule has 3 aromatic rings. The Kier molecular flexibility index (Phi) is 5.80. The highest BCUT2D eigenvalue weighted by atomic mass is 19.1. The van der Waals surface area contributed by atoms with Crippen molar-refractivity contribution >= 4 is 11.8 Å². The monoisotopic (exact) mass is 376 g/mol. The maximum Gasteiger partial charge on any atom is 0.225 e. The molecule has 144 valence electrons. The van der Waals surface area contributed by atoms with Gasteiger partial charge in [0.2, 0.25) is 5.95 Å². The van der Waals surface area contributed by atoms with E-state index in [1.165, 1.54) is 31.4 Å². The van der Waals surface area contributed by atoms with Crippen molar-refractivity contribution in [2.75, 3.05) is 29.9 Å². The van der Waals surface area contributed by atoms with Crippen LogP contribution in [-0.4, -0.2) is 29.6 Å². The molecule has 2 aromatic carbocycles. The third-order valence-electron chi connectivity index (χ3n) is 5.07. The van der Waals surface area contributed by atoms with Gasteiger partial charge in [-0.3, -0.25) is 0 Å². The molecule has 0 amide bonds. The number of benzene rings is 2. The Bertz CT molecular complexity index is 890. The summed E-state index contributed by atoms with van der Waals surface area (Å²) in [7, 11) is 0. The van der Waals surface area contributed by atoms with Gasteiger partial charge in [-0.2, -0.15) is 4.98 Å². The highest BCUT2D eigenvalue weighted by Crippen LogP contribution is 2.25. The lowest BCUT2D eigenvalue weighted by molar-refractivity contribution is 0.573. The molecular weight excluding hydrogens is 351 g/mol. The van der Waals surface area contributed by atoms with Crippen molar-refractivity contribution in [2.24, 2.45) is 0 Å². The molecule has 28 heavy (non-hydrogen) atoms. The Morgan fingerprint density at radius 3 is 2.39 bits per heavy atom. The van der Waals surface area contributed by atoms with Gasteiger partial charge in [-0.05, 0) is 43.4 Å². The van der Waals surface area contributed by atoms with Crippen molar-refractivity contribution in [3.63, 3.8) is 0 Å². The van der Waals surface area contributed by atoms with Crippen molar-refractivity contribution in [3.8, 4) is 11.3 Å². The summed E-state index contributed by atoms with van der Waals surface area (Å²) in [5.41, 5.74) is 3.11. The molecule has 0 aliphatic carbocycles. The minimum Gasteiger partial charge on any atom is -0.356 e. The standard InChI is InChI=1S/C23H25FN4/c24-20-11-9-18(10-12-20)13-14-25-23-26-21(19-7-3-1-4-8-19)17-22(27-23)28-15-5-2-6-16-28/h1,3-4,7-12,17H,2,5-6,13-16H2,(H,25,26,27). The molecule has 0 bridgehead atoms. The number of anilines is 2. The van der Waals surface area contributed by atoms with Crippen LogP contribution in [-0.2, 0) is 6.42 Å². The van der Waals surface area contributed by atoms with E-state index in [0.29, 0.717) is 12.5 Å². The number of piperidine rings is 1.